The second-order valence-corrected chi connectivity index (χ2v) is 5.13. The van der Waals surface area contributed by atoms with Crippen molar-refractivity contribution < 1.29 is 13.2 Å². The van der Waals surface area contributed by atoms with Gasteiger partial charge in [-0.3, -0.25) is 4.99 Å². The van der Waals surface area contributed by atoms with Crippen LogP contribution in [0.4, 0.5) is 13.2 Å². The standard InChI is InChI=1S/C16H24F3N3.HI/c1-4-13-6-8-14(9-7-13)12-22(3)15(20-5-2)21-11-10-16(17,18)19;/h6-9H,4-5,10-12H2,1-3H3,(H,20,21);1H. The molecule has 0 aromatic heterocycles. The summed E-state index contributed by atoms with van der Waals surface area (Å²) in [7, 11) is 1.82. The van der Waals surface area contributed by atoms with Crippen molar-refractivity contribution in [3.63, 3.8) is 0 Å². The fourth-order valence-electron chi connectivity index (χ4n) is 1.99. The SMILES string of the molecule is CCNC(=NCCC(F)(F)F)N(C)Cc1ccc(CC)cc1.I. The Kier molecular flexibility index (Phi) is 10.3. The van der Waals surface area contributed by atoms with Gasteiger partial charge in [-0.2, -0.15) is 13.2 Å². The predicted molar refractivity (Wildman–Crippen MR) is 99.4 cm³/mol. The van der Waals surface area contributed by atoms with E-state index in [1.165, 1.54) is 5.56 Å². The van der Waals surface area contributed by atoms with Crippen molar-refractivity contribution in [1.82, 2.24) is 10.2 Å². The van der Waals surface area contributed by atoms with E-state index in [0.29, 0.717) is 19.0 Å². The molecule has 0 amide bonds. The largest absolute Gasteiger partial charge is 0.390 e. The molecule has 0 radical (unpaired) electrons. The number of hydrogen-bond donors (Lipinski definition) is 1. The van der Waals surface area contributed by atoms with Gasteiger partial charge in [0.2, 0.25) is 0 Å². The van der Waals surface area contributed by atoms with Crippen molar-refractivity contribution in [2.45, 2.75) is 39.4 Å². The van der Waals surface area contributed by atoms with Gasteiger partial charge in [-0.05, 0) is 24.5 Å². The minimum atomic E-state index is -4.17. The van der Waals surface area contributed by atoms with Crippen LogP contribution >= 0.6 is 24.0 Å². The molecule has 1 rings (SSSR count). The summed E-state index contributed by atoms with van der Waals surface area (Å²) >= 11 is 0. The summed E-state index contributed by atoms with van der Waals surface area (Å²) in [6.45, 7) is 4.94. The summed E-state index contributed by atoms with van der Waals surface area (Å²) in [5, 5.41) is 3.02. The summed E-state index contributed by atoms with van der Waals surface area (Å²) < 4.78 is 36.6. The van der Waals surface area contributed by atoms with Gasteiger partial charge < -0.3 is 10.2 Å². The van der Waals surface area contributed by atoms with Crippen LogP contribution in [0.1, 0.15) is 31.4 Å². The Labute approximate surface area is 153 Å². The highest BCUT2D eigenvalue weighted by Crippen LogP contribution is 2.19. The Bertz CT molecular complexity index is 472. The van der Waals surface area contributed by atoms with Gasteiger partial charge in [-0.25, -0.2) is 0 Å². The second kappa shape index (κ2) is 10.7. The first-order valence-electron chi connectivity index (χ1n) is 7.49. The number of aliphatic imine (C=N–C) groups is 1. The minimum Gasteiger partial charge on any atom is -0.357 e. The molecule has 0 bridgehead atoms. The highest BCUT2D eigenvalue weighted by molar-refractivity contribution is 14.0. The van der Waals surface area contributed by atoms with Gasteiger partial charge in [0.1, 0.15) is 0 Å². The quantitative estimate of drug-likeness (QED) is 0.405. The highest BCUT2D eigenvalue weighted by atomic mass is 127. The Morgan fingerprint density at radius 2 is 1.70 bits per heavy atom. The summed E-state index contributed by atoms with van der Waals surface area (Å²) in [5.74, 6) is 0.492. The number of nitrogens with zero attached hydrogens (tertiary/aromatic N) is 2. The summed E-state index contributed by atoms with van der Waals surface area (Å²) in [6, 6.07) is 8.21. The van der Waals surface area contributed by atoms with Crippen molar-refractivity contribution in [1.29, 1.82) is 0 Å². The first kappa shape index (κ1) is 22.0. The Morgan fingerprint density at radius 3 is 2.17 bits per heavy atom. The van der Waals surface area contributed by atoms with Crippen LogP contribution in [0.3, 0.4) is 0 Å². The molecule has 1 aromatic rings. The van der Waals surface area contributed by atoms with Gasteiger partial charge in [0.25, 0.3) is 0 Å². The molecule has 0 fully saturated rings. The Hall–Kier alpha value is -0.990. The third-order valence-electron chi connectivity index (χ3n) is 3.20. The molecule has 3 nitrogen and oxygen atoms in total. The molecular formula is C16H25F3IN3. The van der Waals surface area contributed by atoms with Crippen LogP contribution in [0.2, 0.25) is 0 Å². The first-order chi connectivity index (χ1) is 10.4. The molecule has 0 aliphatic carbocycles. The maximum absolute atomic E-state index is 12.2. The number of nitrogens with one attached hydrogen (secondary N) is 1. The maximum Gasteiger partial charge on any atom is 0.390 e. The first-order valence-corrected chi connectivity index (χ1v) is 7.49. The number of halogens is 4. The van der Waals surface area contributed by atoms with E-state index in [1.54, 1.807) is 0 Å². The lowest BCUT2D eigenvalue weighted by Gasteiger charge is -2.22. The molecule has 132 valence electrons. The van der Waals surface area contributed by atoms with Crippen LogP contribution in [0.5, 0.6) is 0 Å². The molecule has 0 atom stereocenters. The van der Waals surface area contributed by atoms with Gasteiger partial charge in [0.05, 0.1) is 13.0 Å². The second-order valence-electron chi connectivity index (χ2n) is 5.13. The average molecular weight is 443 g/mol. The lowest BCUT2D eigenvalue weighted by atomic mass is 10.1. The smallest absolute Gasteiger partial charge is 0.357 e. The third kappa shape index (κ3) is 9.02. The highest BCUT2D eigenvalue weighted by Gasteiger charge is 2.26. The number of alkyl halides is 3. The molecule has 1 aromatic carbocycles. The van der Waals surface area contributed by atoms with E-state index >= 15 is 0 Å². The molecule has 7 heteroatoms. The fourth-order valence-corrected chi connectivity index (χ4v) is 1.99. The number of aryl methyl sites for hydroxylation is 1. The molecule has 23 heavy (non-hydrogen) atoms. The Balaban J connectivity index is 0.00000484. The number of guanidine groups is 1. The van der Waals surface area contributed by atoms with Gasteiger partial charge >= 0.3 is 6.18 Å². The molecule has 1 N–H and O–H groups in total. The average Bonchev–Trinajstić information content (AvgIpc) is 2.46. The zero-order valence-corrected chi connectivity index (χ0v) is 16.1. The van der Waals surface area contributed by atoms with E-state index in [9.17, 15) is 13.2 Å². The van der Waals surface area contributed by atoms with Gasteiger partial charge in [0, 0.05) is 20.1 Å². The van der Waals surface area contributed by atoms with Crippen molar-refractivity contribution in [2.75, 3.05) is 20.1 Å². The molecule has 0 aliphatic heterocycles. The molecule has 0 heterocycles. The summed E-state index contributed by atoms with van der Waals surface area (Å²) in [5.41, 5.74) is 2.36. The predicted octanol–water partition coefficient (Wildman–Crippen LogP) is 4.22. The van der Waals surface area contributed by atoms with Crippen molar-refractivity contribution in [2.24, 2.45) is 4.99 Å². The monoisotopic (exact) mass is 443 g/mol. The lowest BCUT2D eigenvalue weighted by molar-refractivity contribution is -0.132. The Morgan fingerprint density at radius 1 is 1.13 bits per heavy atom. The van der Waals surface area contributed by atoms with Gasteiger partial charge in [0.15, 0.2) is 5.96 Å². The van der Waals surface area contributed by atoms with E-state index in [4.69, 9.17) is 0 Å². The molecular weight excluding hydrogens is 418 g/mol. The van der Waals surface area contributed by atoms with Crippen LogP contribution in [0.15, 0.2) is 29.3 Å². The topological polar surface area (TPSA) is 27.6 Å². The van der Waals surface area contributed by atoms with E-state index in [2.05, 4.69) is 29.4 Å². The van der Waals surface area contributed by atoms with Gasteiger partial charge in [-0.1, -0.05) is 31.2 Å². The third-order valence-corrected chi connectivity index (χ3v) is 3.20. The van der Waals surface area contributed by atoms with E-state index in [1.807, 2.05) is 31.0 Å². The number of rotatable bonds is 6. The minimum absolute atomic E-state index is 0. The number of benzene rings is 1. The number of hydrogen-bond acceptors (Lipinski definition) is 1. The summed E-state index contributed by atoms with van der Waals surface area (Å²) in [4.78, 5) is 5.87. The van der Waals surface area contributed by atoms with Crippen molar-refractivity contribution in [3.05, 3.63) is 35.4 Å². The summed E-state index contributed by atoms with van der Waals surface area (Å²) in [6.07, 6.45) is -4.09. The normalized spacial score (nSPS) is 11.8. The van der Waals surface area contributed by atoms with Crippen LogP contribution in [-0.2, 0) is 13.0 Å². The molecule has 0 unspecified atom stereocenters. The van der Waals surface area contributed by atoms with Crippen LogP contribution < -0.4 is 5.32 Å². The van der Waals surface area contributed by atoms with Crippen molar-refractivity contribution >= 4 is 29.9 Å². The van der Waals surface area contributed by atoms with E-state index in [0.717, 1.165) is 12.0 Å². The van der Waals surface area contributed by atoms with Crippen LogP contribution in [0, 0.1) is 0 Å². The molecule has 0 aliphatic rings. The van der Waals surface area contributed by atoms with Crippen LogP contribution in [-0.4, -0.2) is 37.2 Å². The molecule has 0 saturated carbocycles. The maximum atomic E-state index is 12.2. The molecule has 0 spiro atoms. The van der Waals surface area contributed by atoms with Gasteiger partial charge in [-0.15, -0.1) is 24.0 Å². The fraction of sp³-hybridized carbons (Fsp3) is 0.562. The lowest BCUT2D eigenvalue weighted by Crippen LogP contribution is -2.38. The van der Waals surface area contributed by atoms with E-state index in [-0.39, 0.29) is 30.5 Å². The zero-order valence-electron chi connectivity index (χ0n) is 13.8. The zero-order chi connectivity index (χ0) is 16.6. The van der Waals surface area contributed by atoms with Crippen molar-refractivity contribution in [3.8, 4) is 0 Å². The molecule has 0 saturated heterocycles. The van der Waals surface area contributed by atoms with Crippen LogP contribution in [0.25, 0.3) is 0 Å². The van der Waals surface area contributed by atoms with E-state index < -0.39 is 12.6 Å².